The molecule has 1 N–H and O–H groups in total. The first-order valence-corrected chi connectivity index (χ1v) is 6.10. The van der Waals surface area contributed by atoms with Gasteiger partial charge in [0.05, 0.1) is 7.11 Å². The molecule has 0 unspecified atom stereocenters. The van der Waals surface area contributed by atoms with Crippen molar-refractivity contribution in [2.45, 2.75) is 32.7 Å². The van der Waals surface area contributed by atoms with Crippen molar-refractivity contribution in [3.05, 3.63) is 34.4 Å². The van der Waals surface area contributed by atoms with E-state index in [1.165, 1.54) is 29.4 Å². The van der Waals surface area contributed by atoms with Gasteiger partial charge in [-0.3, -0.25) is 4.79 Å². The molecule has 0 aromatic heterocycles. The highest BCUT2D eigenvalue weighted by Crippen LogP contribution is 2.22. The molecule has 0 bridgehead atoms. The first-order chi connectivity index (χ1) is 8.22. The lowest BCUT2D eigenvalue weighted by Gasteiger charge is -2.21. The van der Waals surface area contributed by atoms with Gasteiger partial charge in [-0.1, -0.05) is 12.1 Å². The van der Waals surface area contributed by atoms with E-state index < -0.39 is 0 Å². The summed E-state index contributed by atoms with van der Waals surface area (Å²) >= 11 is 0. The Labute approximate surface area is 102 Å². The molecule has 1 aliphatic rings. The fourth-order valence-corrected chi connectivity index (χ4v) is 2.42. The largest absolute Gasteiger partial charge is 0.469 e. The van der Waals surface area contributed by atoms with E-state index in [0.717, 1.165) is 25.9 Å². The second kappa shape index (κ2) is 5.32. The maximum atomic E-state index is 11.2. The van der Waals surface area contributed by atoms with Gasteiger partial charge in [-0.05, 0) is 48.6 Å². The van der Waals surface area contributed by atoms with Crippen molar-refractivity contribution in [2.24, 2.45) is 0 Å². The zero-order valence-electron chi connectivity index (χ0n) is 10.5. The molecule has 1 aromatic carbocycles. The number of rotatable bonds is 3. The summed E-state index contributed by atoms with van der Waals surface area (Å²) in [4.78, 5) is 11.2. The lowest BCUT2D eigenvalue weighted by molar-refractivity contribution is -0.140. The highest BCUT2D eigenvalue weighted by molar-refractivity contribution is 5.69. The van der Waals surface area contributed by atoms with Crippen molar-refractivity contribution in [1.29, 1.82) is 0 Å². The predicted molar refractivity (Wildman–Crippen MR) is 66.9 cm³/mol. The van der Waals surface area contributed by atoms with Crippen molar-refractivity contribution < 1.29 is 9.53 Å². The molecule has 0 saturated carbocycles. The second-order valence-electron chi connectivity index (χ2n) is 4.49. The first-order valence-electron chi connectivity index (χ1n) is 6.10. The van der Waals surface area contributed by atoms with Crippen LogP contribution < -0.4 is 5.32 Å². The molecule has 0 spiro atoms. The van der Waals surface area contributed by atoms with Gasteiger partial charge in [0.1, 0.15) is 0 Å². The Balaban J connectivity index is 2.15. The molecule has 1 aliphatic heterocycles. The van der Waals surface area contributed by atoms with Crippen LogP contribution in [0.2, 0.25) is 0 Å². The minimum absolute atomic E-state index is 0.135. The predicted octanol–water partition coefficient (Wildman–Crippen LogP) is 1.75. The van der Waals surface area contributed by atoms with Crippen molar-refractivity contribution in [3.63, 3.8) is 0 Å². The summed E-state index contributed by atoms with van der Waals surface area (Å²) in [6.07, 6.45) is 2.33. The van der Waals surface area contributed by atoms with E-state index in [1.54, 1.807) is 0 Å². The number of benzene rings is 1. The number of aryl methyl sites for hydroxylation is 1. The number of methoxy groups -OCH3 is 1. The molecule has 0 saturated heterocycles. The van der Waals surface area contributed by atoms with Crippen LogP contribution in [0.3, 0.4) is 0 Å². The molecule has 0 aliphatic carbocycles. The summed E-state index contributed by atoms with van der Waals surface area (Å²) in [7, 11) is 1.44. The van der Waals surface area contributed by atoms with E-state index in [2.05, 4.69) is 29.1 Å². The van der Waals surface area contributed by atoms with Gasteiger partial charge in [-0.25, -0.2) is 0 Å². The topological polar surface area (TPSA) is 38.3 Å². The molecule has 0 fully saturated rings. The summed E-state index contributed by atoms with van der Waals surface area (Å²) in [5.74, 6) is -0.135. The van der Waals surface area contributed by atoms with Crippen LogP contribution in [0.5, 0.6) is 0 Å². The third-order valence-corrected chi connectivity index (χ3v) is 3.50. The molecule has 0 radical (unpaired) electrons. The van der Waals surface area contributed by atoms with E-state index >= 15 is 0 Å². The Bertz CT molecular complexity index is 426. The number of hydrogen-bond acceptors (Lipinski definition) is 3. The van der Waals surface area contributed by atoms with Crippen LogP contribution in [0, 0.1) is 6.92 Å². The maximum absolute atomic E-state index is 11.2. The molecule has 17 heavy (non-hydrogen) atoms. The van der Waals surface area contributed by atoms with Crippen molar-refractivity contribution in [3.8, 4) is 0 Å². The van der Waals surface area contributed by atoms with E-state index in [-0.39, 0.29) is 5.97 Å². The third-order valence-electron chi connectivity index (χ3n) is 3.50. The van der Waals surface area contributed by atoms with E-state index in [0.29, 0.717) is 6.42 Å². The smallest absolute Gasteiger partial charge is 0.305 e. The zero-order chi connectivity index (χ0) is 12.3. The summed E-state index contributed by atoms with van der Waals surface area (Å²) in [6, 6.07) is 4.32. The molecule has 92 valence electrons. The summed E-state index contributed by atoms with van der Waals surface area (Å²) in [5, 5.41) is 3.37. The monoisotopic (exact) mass is 233 g/mol. The molecule has 1 heterocycles. The highest BCUT2D eigenvalue weighted by atomic mass is 16.5. The number of carbonyl (C=O) groups excluding carboxylic acids is 1. The van der Waals surface area contributed by atoms with Crippen molar-refractivity contribution >= 4 is 5.97 Å². The van der Waals surface area contributed by atoms with Gasteiger partial charge >= 0.3 is 5.97 Å². The number of hydrogen-bond donors (Lipinski definition) is 1. The third kappa shape index (κ3) is 2.67. The van der Waals surface area contributed by atoms with Gasteiger partial charge in [-0.2, -0.15) is 0 Å². The molecule has 0 atom stereocenters. The Kier molecular flexibility index (Phi) is 3.79. The Morgan fingerprint density at radius 2 is 2.29 bits per heavy atom. The Morgan fingerprint density at radius 1 is 1.47 bits per heavy atom. The van der Waals surface area contributed by atoms with Crippen LogP contribution >= 0.6 is 0 Å². The average molecular weight is 233 g/mol. The van der Waals surface area contributed by atoms with Gasteiger partial charge in [-0.15, -0.1) is 0 Å². The van der Waals surface area contributed by atoms with Gasteiger partial charge in [0, 0.05) is 13.0 Å². The Morgan fingerprint density at radius 3 is 3.06 bits per heavy atom. The number of esters is 1. The average Bonchev–Trinajstić information content (AvgIpc) is 2.38. The molecule has 0 amide bonds. The van der Waals surface area contributed by atoms with Crippen LogP contribution in [0.1, 0.15) is 28.7 Å². The first kappa shape index (κ1) is 12.1. The van der Waals surface area contributed by atoms with Gasteiger partial charge in [0.15, 0.2) is 0 Å². The minimum Gasteiger partial charge on any atom is -0.469 e. The number of carbonyl (C=O) groups is 1. The molecular formula is C14H19NO2. The van der Waals surface area contributed by atoms with Crippen molar-refractivity contribution in [2.75, 3.05) is 13.7 Å². The van der Waals surface area contributed by atoms with E-state index in [1.807, 2.05) is 0 Å². The van der Waals surface area contributed by atoms with E-state index in [4.69, 9.17) is 0 Å². The lowest BCUT2D eigenvalue weighted by atomic mass is 9.91. The van der Waals surface area contributed by atoms with Crippen molar-refractivity contribution in [1.82, 2.24) is 5.32 Å². The fraction of sp³-hybridized carbons (Fsp3) is 0.500. The van der Waals surface area contributed by atoms with Gasteiger partial charge in [0.25, 0.3) is 0 Å². The normalized spacial score (nSPS) is 14.2. The SMILES string of the molecule is COC(=O)CCc1ccc2c(c1C)CCNC2. The van der Waals surface area contributed by atoms with Gasteiger partial charge in [0.2, 0.25) is 0 Å². The second-order valence-corrected chi connectivity index (χ2v) is 4.49. The van der Waals surface area contributed by atoms with Crippen LogP contribution in [-0.4, -0.2) is 19.6 Å². The maximum Gasteiger partial charge on any atom is 0.305 e. The summed E-state index contributed by atoms with van der Waals surface area (Å²) in [5.41, 5.74) is 5.49. The van der Waals surface area contributed by atoms with Gasteiger partial charge < -0.3 is 10.1 Å². The van der Waals surface area contributed by atoms with Crippen LogP contribution in [0.15, 0.2) is 12.1 Å². The summed E-state index contributed by atoms with van der Waals surface area (Å²) in [6.45, 7) is 4.18. The molecular weight excluding hydrogens is 214 g/mol. The van der Waals surface area contributed by atoms with Crippen LogP contribution in [-0.2, 0) is 28.9 Å². The standard InChI is InChI=1S/C14H19NO2/c1-10-11(5-6-14(16)17-2)3-4-12-9-15-8-7-13(10)12/h3-4,15H,5-9H2,1-2H3. The minimum atomic E-state index is -0.135. The molecule has 3 heteroatoms. The quantitative estimate of drug-likeness (QED) is 0.808. The fourth-order valence-electron chi connectivity index (χ4n) is 2.42. The molecule has 1 aromatic rings. The summed E-state index contributed by atoms with van der Waals surface area (Å²) < 4.78 is 4.68. The highest BCUT2D eigenvalue weighted by Gasteiger charge is 2.13. The zero-order valence-corrected chi connectivity index (χ0v) is 10.5. The molecule has 2 rings (SSSR count). The van der Waals surface area contributed by atoms with Crippen LogP contribution in [0.4, 0.5) is 0 Å². The number of nitrogens with one attached hydrogen (secondary N) is 1. The number of fused-ring (bicyclic) bond motifs is 1. The Hall–Kier alpha value is -1.35. The lowest BCUT2D eigenvalue weighted by Crippen LogP contribution is -2.24. The number of ether oxygens (including phenoxy) is 1. The van der Waals surface area contributed by atoms with E-state index in [9.17, 15) is 4.79 Å². The molecule has 3 nitrogen and oxygen atoms in total. The van der Waals surface area contributed by atoms with Crippen LogP contribution in [0.25, 0.3) is 0 Å².